The molecule has 4 atom stereocenters. The van der Waals surface area contributed by atoms with Crippen molar-refractivity contribution in [3.8, 4) is 0 Å². The molecule has 0 saturated heterocycles. The average Bonchev–Trinajstić information content (AvgIpc) is 2.92. The summed E-state index contributed by atoms with van der Waals surface area (Å²) in [4.78, 5) is 29.1. The third-order valence-corrected chi connectivity index (χ3v) is 9.12. The summed E-state index contributed by atoms with van der Waals surface area (Å²) >= 11 is 0. The Morgan fingerprint density at radius 3 is 1.00 bits per heavy atom. The van der Waals surface area contributed by atoms with Crippen LogP contribution in [0.4, 0.5) is 0 Å². The van der Waals surface area contributed by atoms with Gasteiger partial charge in [-0.25, -0.2) is 0 Å². The van der Waals surface area contributed by atoms with Crippen LogP contribution in [0.15, 0.2) is 109 Å². The Kier molecular flexibility index (Phi) is 4.06. The number of Topliss-reactive ketones (excluding diaryl/α,β-unsaturated/α-hetero) is 2. The molecule has 0 amide bonds. The smallest absolute Gasteiger partial charge is 0.146 e. The van der Waals surface area contributed by atoms with Crippen LogP contribution in [0, 0.1) is 23.7 Å². The van der Waals surface area contributed by atoms with Crippen LogP contribution in [0.3, 0.4) is 0 Å². The lowest BCUT2D eigenvalue weighted by atomic mass is 9.43. The molecule has 1 fully saturated rings. The summed E-state index contributed by atoms with van der Waals surface area (Å²) in [5.74, 6) is -0.936. The highest BCUT2D eigenvalue weighted by Crippen LogP contribution is 2.66. The Bertz CT molecular complexity index is 1430. The van der Waals surface area contributed by atoms with E-state index in [2.05, 4.69) is 72.8 Å². The molecule has 0 aromatic heterocycles. The molecule has 9 rings (SSSR count). The second kappa shape index (κ2) is 7.24. The molecule has 0 heterocycles. The van der Waals surface area contributed by atoms with E-state index in [0.29, 0.717) is 0 Å². The molecule has 36 heavy (non-hydrogen) atoms. The van der Waals surface area contributed by atoms with Crippen LogP contribution >= 0.6 is 0 Å². The summed E-state index contributed by atoms with van der Waals surface area (Å²) in [6.45, 7) is 0. The zero-order chi connectivity index (χ0) is 24.0. The number of rotatable bonds is 2. The summed E-state index contributed by atoms with van der Waals surface area (Å²) < 4.78 is 0. The van der Waals surface area contributed by atoms with Gasteiger partial charge in [0.15, 0.2) is 0 Å². The fourth-order valence-electron chi connectivity index (χ4n) is 7.87. The van der Waals surface area contributed by atoms with E-state index in [1.165, 1.54) is 22.3 Å². The molecule has 4 aromatic rings. The van der Waals surface area contributed by atoms with Crippen molar-refractivity contribution in [3.05, 3.63) is 143 Å². The van der Waals surface area contributed by atoms with E-state index in [1.54, 1.807) is 0 Å². The molecule has 4 aromatic carbocycles. The highest BCUT2D eigenvalue weighted by Gasteiger charge is 2.65. The maximum Gasteiger partial charge on any atom is 0.146 e. The van der Waals surface area contributed by atoms with Crippen LogP contribution in [0.5, 0.6) is 0 Å². The standard InChI is InChI=1S/C34H24O2/c35-33-29-25(19-11-3-1-4-12-19)26(20-13-5-2-6-14-20)30(29)34(36)32-28-23-17-9-7-15-21(23)27(31(32)33)22-16-8-10-18-24(22)28/h1-18,27-32H/t27?,28?,29-,30+,31+,32-. The van der Waals surface area contributed by atoms with Crippen LogP contribution < -0.4 is 0 Å². The Labute approximate surface area is 210 Å². The first kappa shape index (κ1) is 20.2. The van der Waals surface area contributed by atoms with Crippen LogP contribution in [0.25, 0.3) is 11.1 Å². The van der Waals surface area contributed by atoms with E-state index in [1.807, 2.05) is 36.4 Å². The zero-order valence-electron chi connectivity index (χ0n) is 19.7. The molecule has 2 bridgehead atoms. The number of allylic oxidation sites excluding steroid dienone is 2. The summed E-state index contributed by atoms with van der Waals surface area (Å²) in [5.41, 5.74) is 9.13. The average molecular weight is 465 g/mol. The van der Waals surface area contributed by atoms with E-state index in [4.69, 9.17) is 0 Å². The van der Waals surface area contributed by atoms with Crippen molar-refractivity contribution in [1.82, 2.24) is 0 Å². The molecule has 172 valence electrons. The quantitative estimate of drug-likeness (QED) is 0.339. The van der Waals surface area contributed by atoms with Gasteiger partial charge in [-0.15, -0.1) is 0 Å². The van der Waals surface area contributed by atoms with Crippen LogP contribution in [-0.2, 0) is 9.59 Å². The molecule has 2 nitrogen and oxygen atoms in total. The molecule has 5 aliphatic carbocycles. The number of hydrogen-bond donors (Lipinski definition) is 0. The minimum Gasteiger partial charge on any atom is -0.299 e. The lowest BCUT2D eigenvalue weighted by Crippen LogP contribution is -2.59. The van der Waals surface area contributed by atoms with Gasteiger partial charge in [0.05, 0.1) is 11.8 Å². The number of hydrogen-bond acceptors (Lipinski definition) is 2. The first-order valence-electron chi connectivity index (χ1n) is 12.9. The van der Waals surface area contributed by atoms with Crippen LogP contribution in [-0.4, -0.2) is 11.6 Å². The summed E-state index contributed by atoms with van der Waals surface area (Å²) in [6, 6.07) is 37.4. The van der Waals surface area contributed by atoms with Crippen molar-refractivity contribution < 1.29 is 9.59 Å². The van der Waals surface area contributed by atoms with Gasteiger partial charge in [-0.2, -0.15) is 0 Å². The third-order valence-electron chi connectivity index (χ3n) is 9.12. The summed E-state index contributed by atoms with van der Waals surface area (Å²) in [6.07, 6.45) is 0. The van der Waals surface area contributed by atoms with Crippen molar-refractivity contribution in [3.63, 3.8) is 0 Å². The molecule has 1 saturated carbocycles. The fraction of sp³-hybridized carbons (Fsp3) is 0.176. The SMILES string of the molecule is O=C1[C@H]2C(c3ccccc3)=C(c3ccccc3)[C@H]2C(=O)[C@H]2C3c4ccccc4C(c4ccccc43)[C@@H]12. The predicted octanol–water partition coefficient (Wildman–Crippen LogP) is 6.52. The minimum absolute atomic E-state index is 0.0531. The largest absolute Gasteiger partial charge is 0.299 e. The Balaban J connectivity index is 1.36. The lowest BCUT2D eigenvalue weighted by Gasteiger charge is -2.57. The Hall–Kier alpha value is -4.04. The first-order valence-corrected chi connectivity index (χ1v) is 12.9. The zero-order valence-corrected chi connectivity index (χ0v) is 19.7. The van der Waals surface area contributed by atoms with Gasteiger partial charge in [0.1, 0.15) is 11.6 Å². The van der Waals surface area contributed by atoms with Crippen molar-refractivity contribution in [2.24, 2.45) is 23.7 Å². The van der Waals surface area contributed by atoms with Crippen molar-refractivity contribution in [2.45, 2.75) is 11.8 Å². The molecule has 0 spiro atoms. The molecular formula is C34H24O2. The van der Waals surface area contributed by atoms with Crippen molar-refractivity contribution in [2.75, 3.05) is 0 Å². The maximum atomic E-state index is 14.6. The predicted molar refractivity (Wildman–Crippen MR) is 140 cm³/mol. The van der Waals surface area contributed by atoms with Gasteiger partial charge in [-0.05, 0) is 44.5 Å². The molecule has 0 unspecified atom stereocenters. The molecule has 0 aliphatic heterocycles. The number of carbonyl (C=O) groups is 2. The maximum absolute atomic E-state index is 14.6. The molecule has 2 heteroatoms. The van der Waals surface area contributed by atoms with Gasteiger partial charge in [-0.3, -0.25) is 9.59 Å². The van der Waals surface area contributed by atoms with E-state index >= 15 is 0 Å². The molecule has 0 radical (unpaired) electrons. The highest BCUT2D eigenvalue weighted by atomic mass is 16.1. The van der Waals surface area contributed by atoms with E-state index < -0.39 is 0 Å². The van der Waals surface area contributed by atoms with Gasteiger partial charge in [0, 0.05) is 23.7 Å². The Morgan fingerprint density at radius 2 is 0.667 bits per heavy atom. The second-order valence-corrected chi connectivity index (χ2v) is 10.6. The number of ketones is 2. The van der Waals surface area contributed by atoms with Crippen molar-refractivity contribution in [1.29, 1.82) is 0 Å². The molecular weight excluding hydrogens is 440 g/mol. The lowest BCUT2D eigenvalue weighted by molar-refractivity contribution is -0.146. The topological polar surface area (TPSA) is 34.1 Å². The monoisotopic (exact) mass is 464 g/mol. The summed E-state index contributed by atoms with van der Waals surface area (Å²) in [5, 5.41) is 0. The van der Waals surface area contributed by atoms with Gasteiger partial charge < -0.3 is 0 Å². The van der Waals surface area contributed by atoms with Gasteiger partial charge in [0.2, 0.25) is 0 Å². The van der Waals surface area contributed by atoms with E-state index in [9.17, 15) is 9.59 Å². The minimum atomic E-state index is -0.366. The van der Waals surface area contributed by atoms with Crippen LogP contribution in [0.1, 0.15) is 45.2 Å². The third kappa shape index (κ3) is 2.42. The van der Waals surface area contributed by atoms with Crippen LogP contribution in [0.2, 0.25) is 0 Å². The number of benzene rings is 4. The van der Waals surface area contributed by atoms with Gasteiger partial charge in [0.25, 0.3) is 0 Å². The normalized spacial score (nSPS) is 29.1. The second-order valence-electron chi connectivity index (χ2n) is 10.6. The number of fused-ring (bicyclic) bond motifs is 1. The Morgan fingerprint density at radius 1 is 0.361 bits per heavy atom. The molecule has 5 aliphatic rings. The number of carbonyl (C=O) groups excluding carboxylic acids is 2. The summed E-state index contributed by atoms with van der Waals surface area (Å²) in [7, 11) is 0. The molecule has 0 N–H and O–H groups in total. The fourth-order valence-corrected chi connectivity index (χ4v) is 7.87. The van der Waals surface area contributed by atoms with Gasteiger partial charge in [-0.1, -0.05) is 109 Å². The van der Waals surface area contributed by atoms with Gasteiger partial charge >= 0.3 is 0 Å². The van der Waals surface area contributed by atoms with E-state index in [-0.39, 0.29) is 47.1 Å². The van der Waals surface area contributed by atoms with Crippen molar-refractivity contribution >= 4 is 22.7 Å². The van der Waals surface area contributed by atoms with E-state index in [0.717, 1.165) is 22.3 Å². The highest BCUT2D eigenvalue weighted by molar-refractivity contribution is 6.22. The first-order chi connectivity index (χ1) is 17.8.